The molecular weight excluding hydrogens is 1360 g/mol. The Morgan fingerprint density at radius 2 is 1.04 bits per heavy atom. The maximum absolute atomic E-state index is 12.0. The third kappa shape index (κ3) is 23.8. The van der Waals surface area contributed by atoms with Crippen LogP contribution < -0.4 is 47.4 Å². The Kier molecular flexibility index (Phi) is 31.4. The average Bonchev–Trinajstić information content (AvgIpc) is 1.61. The Labute approximate surface area is 620 Å². The molecule has 3 aromatic carbocycles. The summed E-state index contributed by atoms with van der Waals surface area (Å²) < 4.78 is 10.8. The fourth-order valence-electron chi connectivity index (χ4n) is 12.6. The summed E-state index contributed by atoms with van der Waals surface area (Å²) in [4.78, 5) is 52.1. The van der Waals surface area contributed by atoms with Crippen molar-refractivity contribution in [3.8, 4) is 0 Å². The predicted octanol–water partition coefficient (Wildman–Crippen LogP) is 13.3. The summed E-state index contributed by atoms with van der Waals surface area (Å²) in [5.74, 6) is 4.18. The highest BCUT2D eigenvalue weighted by Crippen LogP contribution is 2.32. The first kappa shape index (κ1) is 80.3. The van der Waals surface area contributed by atoms with E-state index in [0.29, 0.717) is 55.2 Å². The van der Waals surface area contributed by atoms with Gasteiger partial charge in [-0.15, -0.1) is 0 Å². The molecule has 12 rings (SSSR count). The number of nitrogen functional groups attached to an aromatic ring is 1. The highest BCUT2D eigenvalue weighted by atomic mass is 35.5. The van der Waals surface area contributed by atoms with Gasteiger partial charge >= 0.3 is 6.09 Å². The molecule has 0 aliphatic carbocycles. The Morgan fingerprint density at radius 3 is 1.46 bits per heavy atom. The number of hydrogen-bond donors (Lipinski definition) is 10. The van der Waals surface area contributed by atoms with Gasteiger partial charge < -0.3 is 62.2 Å². The molecule has 104 heavy (non-hydrogen) atoms. The van der Waals surface area contributed by atoms with E-state index >= 15 is 0 Å². The minimum atomic E-state index is -0.545. The molecule has 3 aliphatic heterocycles. The van der Waals surface area contributed by atoms with Gasteiger partial charge in [0.25, 0.3) is 0 Å². The number of piperidine rings is 3. The summed E-state index contributed by atoms with van der Waals surface area (Å²) in [6.07, 6.45) is 23.1. The molecule has 2 amide bonds. The number of benzene rings is 3. The van der Waals surface area contributed by atoms with Crippen molar-refractivity contribution < 1.29 is 34.4 Å². The van der Waals surface area contributed by atoms with Crippen molar-refractivity contribution in [2.75, 3.05) is 81.6 Å². The second kappa shape index (κ2) is 40.6. The molecular formula is C77H104Cl2N18O7. The van der Waals surface area contributed by atoms with Gasteiger partial charge in [0.2, 0.25) is 11.1 Å². The molecule has 3 aliphatic rings. The number of amides is 2. The molecule has 6 aromatic heterocycles. The number of anilines is 8. The number of halogens is 2. The number of allylic oxidation sites excluding steroid dienone is 1. The predicted molar refractivity (Wildman–Crippen MR) is 418 cm³/mol. The van der Waals surface area contributed by atoms with E-state index in [1.807, 2.05) is 109 Å². The zero-order chi connectivity index (χ0) is 74.5. The van der Waals surface area contributed by atoms with Crippen LogP contribution in [0.1, 0.15) is 152 Å². The van der Waals surface area contributed by atoms with Crippen molar-refractivity contribution >= 4 is 104 Å². The number of rotatable bonds is 24. The minimum absolute atomic E-state index is 0.181. The fourth-order valence-corrected chi connectivity index (χ4v) is 12.8. The highest BCUT2D eigenvalue weighted by Gasteiger charge is 2.27. The molecule has 0 radical (unpaired) electrons. The van der Waals surface area contributed by atoms with Crippen LogP contribution in [0.4, 0.5) is 50.9 Å². The number of nitrogens with two attached hydrogens (primary N) is 1. The Balaban J connectivity index is 0.000000181. The van der Waals surface area contributed by atoms with Crippen molar-refractivity contribution in [3.63, 3.8) is 0 Å². The van der Waals surface area contributed by atoms with Gasteiger partial charge in [-0.2, -0.15) is 28.8 Å². The first-order chi connectivity index (χ1) is 50.3. The van der Waals surface area contributed by atoms with Crippen LogP contribution in [0.15, 0.2) is 135 Å². The molecule has 3 atom stereocenters. The van der Waals surface area contributed by atoms with Gasteiger partial charge in [-0.25, -0.2) is 19.7 Å². The van der Waals surface area contributed by atoms with E-state index in [4.69, 9.17) is 48.7 Å². The molecule has 3 fully saturated rings. The van der Waals surface area contributed by atoms with E-state index in [9.17, 15) is 24.6 Å². The standard InChI is InChI=1S/C25H32N6O2.C22H30N6O.C20H24ClN5O2.C7H15NO.C3H3ClO/c1-3-19-17-27-31-22(26-16-18-8-7-9-20(14-18)28-24(33)4-2)15-23(29-25(19)31)30-12-6-5-10-21(30)11-13-32;1-2-17-15-25-28-20(24-14-16-6-5-7-18(23)12-16)13-21(26-22(17)28)27-10-4-3-8-19(27)9-11-29;1-5-14-12-23-26-17(10-16(21)25-18(14)26)22-11-13-7-6-8-15(9-13)24-19(27)28-20(2,3)4;9-6-4-7-3-1-2-5-8-7;1-2-3(4)5/h4,7-9,14-15,17,21,26,32H,2-3,5-6,10-13,16H2,1H3,(H,28,33);5-7,12-13,15,19,24,29H,2-4,8-11,14,23H2,1H3;6-10,12,22H,5,11H2,1-4H3,(H,24,27);7-9H,1-6H2;2H,1H2/t21-;19-;;7-;/m11.1./s1. The first-order valence-electron chi connectivity index (χ1n) is 36.1. The number of nitrogens with one attached hydrogen (secondary N) is 6. The van der Waals surface area contributed by atoms with Gasteiger partial charge in [-0.3, -0.25) is 14.9 Å². The number of ether oxygens (including phenoxy) is 1. The van der Waals surface area contributed by atoms with Crippen molar-refractivity contribution in [1.29, 1.82) is 0 Å². The number of fused-ring (bicyclic) bond motifs is 3. The van der Waals surface area contributed by atoms with Crippen molar-refractivity contribution in [1.82, 2.24) is 49.1 Å². The molecule has 25 nitrogen and oxygen atoms in total. The zero-order valence-corrected chi connectivity index (χ0v) is 62.4. The van der Waals surface area contributed by atoms with E-state index in [2.05, 4.69) is 114 Å². The van der Waals surface area contributed by atoms with Crippen LogP contribution in [0.2, 0.25) is 5.15 Å². The largest absolute Gasteiger partial charge is 0.444 e. The van der Waals surface area contributed by atoms with E-state index in [1.54, 1.807) is 16.8 Å². The van der Waals surface area contributed by atoms with Crippen LogP contribution in [-0.2, 0) is 53.2 Å². The maximum atomic E-state index is 12.0. The zero-order valence-electron chi connectivity index (χ0n) is 60.9. The van der Waals surface area contributed by atoms with Gasteiger partial charge in [0.1, 0.15) is 39.8 Å². The lowest BCUT2D eigenvalue weighted by atomic mass is 9.99. The summed E-state index contributed by atoms with van der Waals surface area (Å²) in [7, 11) is 0. The Morgan fingerprint density at radius 1 is 0.596 bits per heavy atom. The lowest BCUT2D eigenvalue weighted by Gasteiger charge is -2.36. The minimum Gasteiger partial charge on any atom is -0.444 e. The second-order valence-electron chi connectivity index (χ2n) is 26.6. The summed E-state index contributed by atoms with van der Waals surface area (Å²) >= 11 is 10.9. The molecule has 0 saturated carbocycles. The topological polar surface area (TPSA) is 316 Å². The fraction of sp³-hybridized carbons (Fsp3) is 0.442. The van der Waals surface area contributed by atoms with E-state index < -0.39 is 16.9 Å². The Hall–Kier alpha value is -9.37. The van der Waals surface area contributed by atoms with E-state index in [1.165, 1.54) is 38.2 Å². The number of nitrogens with zero attached hydrogens (tertiary/aromatic N) is 11. The molecule has 0 unspecified atom stereocenters. The van der Waals surface area contributed by atoms with Crippen LogP contribution >= 0.6 is 23.2 Å². The molecule has 3 saturated heterocycles. The molecule has 558 valence electrons. The number of aliphatic hydroxyl groups is 3. The number of carbonyl (C=O) groups excluding carboxylic acids is 3. The monoisotopic (exact) mass is 1460 g/mol. The lowest BCUT2D eigenvalue weighted by Crippen LogP contribution is -2.40. The Bertz CT molecular complexity index is 4240. The quantitative estimate of drug-likeness (QED) is 0.0116. The summed E-state index contributed by atoms with van der Waals surface area (Å²) in [6.45, 7) is 23.9. The normalized spacial score (nSPS) is 15.7. The number of aliphatic hydroxyl groups excluding tert-OH is 3. The highest BCUT2D eigenvalue weighted by molar-refractivity contribution is 6.66. The molecule has 0 spiro atoms. The number of aryl methyl sites for hydroxylation is 3. The lowest BCUT2D eigenvalue weighted by molar-refractivity contribution is -0.112. The number of hydrogen-bond acceptors (Lipinski definition) is 20. The van der Waals surface area contributed by atoms with Crippen LogP contribution in [-0.4, -0.2) is 140 Å². The van der Waals surface area contributed by atoms with Gasteiger partial charge in [-0.05, 0) is 194 Å². The van der Waals surface area contributed by atoms with Crippen LogP contribution in [0.3, 0.4) is 0 Å². The van der Waals surface area contributed by atoms with E-state index in [0.717, 1.165) is 181 Å². The van der Waals surface area contributed by atoms with E-state index in [-0.39, 0.29) is 19.1 Å². The SMILES string of the molecule is C=CC(=O)Cl.C=CC(=O)Nc1cccc(CNc2cc(N3CCCC[C@@H]3CCO)nc3c(CC)cnn23)c1.CCc1cnn2c(NCc3cccc(N)c3)cc(N3CCCC[C@@H]3CCO)nc12.CCc1cnn2c(NCc3cccc(NC(=O)OC(C)(C)C)c3)cc(Cl)nc12.OCC[C@H]1CCCCN1. The van der Waals surface area contributed by atoms with Crippen molar-refractivity contribution in [2.45, 2.75) is 181 Å². The van der Waals surface area contributed by atoms with Crippen LogP contribution in [0.5, 0.6) is 0 Å². The molecule has 0 bridgehead atoms. The van der Waals surface area contributed by atoms with Gasteiger partial charge in [0.15, 0.2) is 16.9 Å². The van der Waals surface area contributed by atoms with Gasteiger partial charge in [0, 0.05) is 123 Å². The van der Waals surface area contributed by atoms with Crippen LogP contribution in [0.25, 0.3) is 16.9 Å². The molecule has 9 heterocycles. The number of aromatic nitrogens is 9. The first-order valence-corrected chi connectivity index (χ1v) is 36.9. The second-order valence-corrected chi connectivity index (χ2v) is 27.4. The van der Waals surface area contributed by atoms with Crippen molar-refractivity contribution in [3.05, 3.63) is 173 Å². The molecule has 9 aromatic rings. The molecule has 27 heteroatoms. The average molecular weight is 1460 g/mol. The molecule has 11 N–H and O–H groups in total. The van der Waals surface area contributed by atoms with Gasteiger partial charge in [-0.1, -0.05) is 88.3 Å². The number of carbonyl (C=O) groups is 3. The summed E-state index contributed by atoms with van der Waals surface area (Å²) in [6, 6.07) is 30.3. The summed E-state index contributed by atoms with van der Waals surface area (Å²) in [5.41, 5.74) is 16.4. The third-order valence-corrected chi connectivity index (χ3v) is 18.2. The van der Waals surface area contributed by atoms with Gasteiger partial charge in [0.05, 0.1) is 18.6 Å². The van der Waals surface area contributed by atoms with Crippen LogP contribution in [0, 0.1) is 0 Å². The smallest absolute Gasteiger partial charge is 0.412 e. The van der Waals surface area contributed by atoms with Crippen molar-refractivity contribution in [2.24, 2.45) is 0 Å². The maximum Gasteiger partial charge on any atom is 0.412 e. The summed E-state index contributed by atoms with van der Waals surface area (Å²) in [5, 5.41) is 60.4. The third-order valence-electron chi connectivity index (χ3n) is 17.9.